The summed E-state index contributed by atoms with van der Waals surface area (Å²) in [5.41, 5.74) is 3.21. The average Bonchev–Trinajstić information content (AvgIpc) is 2.59. The van der Waals surface area contributed by atoms with Crippen LogP contribution in [0.5, 0.6) is 0 Å². The highest BCUT2D eigenvalue weighted by Crippen LogP contribution is 2.19. The standard InChI is InChI=1S/C20H26N2O2/c1-5-6-9-16-12-18(19(23)21-4)20(24)22(13-16)15(3)17-10-7-8-14(2)11-17/h7-8,10-13,15H,5-6,9H2,1-4H3,(H,21,23). The zero-order chi connectivity index (χ0) is 17.7. The van der Waals surface area contributed by atoms with Crippen molar-refractivity contribution < 1.29 is 4.79 Å². The number of aryl methyl sites for hydroxylation is 2. The van der Waals surface area contributed by atoms with Gasteiger partial charge in [0, 0.05) is 13.2 Å². The number of nitrogens with zero attached hydrogens (tertiary/aromatic N) is 1. The Morgan fingerprint density at radius 1 is 1.29 bits per heavy atom. The summed E-state index contributed by atoms with van der Waals surface area (Å²) in [4.78, 5) is 24.9. The molecule has 0 saturated heterocycles. The largest absolute Gasteiger partial charge is 0.355 e. The summed E-state index contributed by atoms with van der Waals surface area (Å²) in [6.07, 6.45) is 4.87. The molecule has 1 amide bonds. The lowest BCUT2D eigenvalue weighted by molar-refractivity contribution is 0.0960. The number of benzene rings is 1. The lowest BCUT2D eigenvalue weighted by atomic mass is 10.0. The van der Waals surface area contributed by atoms with Gasteiger partial charge in [0.15, 0.2) is 0 Å². The number of carbonyl (C=O) groups excluding carboxylic acids is 1. The third-order valence-corrected chi connectivity index (χ3v) is 4.33. The second-order valence-corrected chi connectivity index (χ2v) is 6.25. The molecular formula is C20H26N2O2. The van der Waals surface area contributed by atoms with Gasteiger partial charge < -0.3 is 9.88 Å². The fraction of sp³-hybridized carbons (Fsp3) is 0.400. The molecule has 0 aliphatic heterocycles. The van der Waals surface area contributed by atoms with E-state index in [0.717, 1.165) is 36.0 Å². The molecule has 0 fully saturated rings. The van der Waals surface area contributed by atoms with Crippen LogP contribution in [0.1, 0.15) is 59.8 Å². The van der Waals surface area contributed by atoms with Gasteiger partial charge in [-0.1, -0.05) is 43.2 Å². The fourth-order valence-corrected chi connectivity index (χ4v) is 2.85. The molecule has 1 atom stereocenters. The van der Waals surface area contributed by atoms with E-state index < -0.39 is 0 Å². The molecule has 128 valence electrons. The van der Waals surface area contributed by atoms with Crippen LogP contribution in [-0.2, 0) is 6.42 Å². The zero-order valence-corrected chi connectivity index (χ0v) is 14.9. The van der Waals surface area contributed by atoms with Crippen molar-refractivity contribution in [1.82, 2.24) is 9.88 Å². The SMILES string of the molecule is CCCCc1cc(C(=O)NC)c(=O)n(C(C)c2cccc(C)c2)c1. The van der Waals surface area contributed by atoms with Crippen molar-refractivity contribution in [2.24, 2.45) is 0 Å². The lowest BCUT2D eigenvalue weighted by Gasteiger charge is -2.19. The second kappa shape index (κ2) is 7.95. The molecule has 0 bridgehead atoms. The van der Waals surface area contributed by atoms with Gasteiger partial charge in [0.05, 0.1) is 6.04 Å². The number of pyridine rings is 1. The number of nitrogens with one attached hydrogen (secondary N) is 1. The summed E-state index contributed by atoms with van der Waals surface area (Å²) < 4.78 is 1.68. The number of unbranched alkanes of at least 4 members (excludes halogenated alkanes) is 1. The van der Waals surface area contributed by atoms with Crippen LogP contribution < -0.4 is 10.9 Å². The first-order valence-corrected chi connectivity index (χ1v) is 8.51. The third-order valence-electron chi connectivity index (χ3n) is 4.33. The molecule has 1 aromatic carbocycles. The van der Waals surface area contributed by atoms with E-state index in [1.54, 1.807) is 17.7 Å². The van der Waals surface area contributed by atoms with Crippen molar-refractivity contribution in [1.29, 1.82) is 0 Å². The number of aromatic nitrogens is 1. The molecule has 4 heteroatoms. The van der Waals surface area contributed by atoms with Crippen LogP contribution >= 0.6 is 0 Å². The van der Waals surface area contributed by atoms with Crippen LogP contribution in [0.3, 0.4) is 0 Å². The van der Waals surface area contributed by atoms with E-state index in [9.17, 15) is 9.59 Å². The Hall–Kier alpha value is -2.36. The summed E-state index contributed by atoms with van der Waals surface area (Å²) in [7, 11) is 1.55. The molecule has 1 aromatic heterocycles. The molecule has 0 aliphatic rings. The van der Waals surface area contributed by atoms with Gasteiger partial charge in [0.1, 0.15) is 5.56 Å². The highest BCUT2D eigenvalue weighted by Gasteiger charge is 2.17. The minimum absolute atomic E-state index is 0.123. The van der Waals surface area contributed by atoms with E-state index in [1.165, 1.54) is 0 Å². The molecule has 4 nitrogen and oxygen atoms in total. The van der Waals surface area contributed by atoms with E-state index in [0.29, 0.717) is 0 Å². The minimum atomic E-state index is -0.330. The fourth-order valence-electron chi connectivity index (χ4n) is 2.85. The van der Waals surface area contributed by atoms with Crippen molar-refractivity contribution >= 4 is 5.91 Å². The van der Waals surface area contributed by atoms with Gasteiger partial charge in [-0.25, -0.2) is 0 Å². The van der Waals surface area contributed by atoms with Gasteiger partial charge >= 0.3 is 0 Å². The lowest BCUT2D eigenvalue weighted by Crippen LogP contribution is -2.33. The normalized spacial score (nSPS) is 12.0. The summed E-state index contributed by atoms with van der Waals surface area (Å²) in [6, 6.07) is 9.73. The van der Waals surface area contributed by atoms with E-state index in [1.807, 2.05) is 38.2 Å². The first-order chi connectivity index (χ1) is 11.5. The van der Waals surface area contributed by atoms with Crippen molar-refractivity contribution in [3.8, 4) is 0 Å². The molecule has 24 heavy (non-hydrogen) atoms. The first-order valence-electron chi connectivity index (χ1n) is 8.51. The maximum absolute atomic E-state index is 12.8. The van der Waals surface area contributed by atoms with Crippen molar-refractivity contribution in [2.75, 3.05) is 7.05 Å². The van der Waals surface area contributed by atoms with Gasteiger partial charge in [-0.05, 0) is 43.9 Å². The maximum Gasteiger partial charge on any atom is 0.263 e. The first kappa shape index (κ1) is 18.0. The van der Waals surface area contributed by atoms with Gasteiger partial charge in [0.25, 0.3) is 11.5 Å². The predicted octanol–water partition coefficient (Wildman–Crippen LogP) is 3.47. The molecule has 2 aromatic rings. The van der Waals surface area contributed by atoms with Crippen LogP contribution in [0, 0.1) is 6.92 Å². The Labute approximate surface area is 143 Å². The molecule has 2 rings (SSSR count). The Bertz CT molecular complexity index is 777. The van der Waals surface area contributed by atoms with Crippen LogP contribution in [0.4, 0.5) is 0 Å². The highest BCUT2D eigenvalue weighted by molar-refractivity contribution is 5.93. The Balaban J connectivity index is 2.54. The van der Waals surface area contributed by atoms with Crippen LogP contribution in [0.15, 0.2) is 41.3 Å². The van der Waals surface area contributed by atoms with E-state index in [4.69, 9.17) is 0 Å². The summed E-state index contributed by atoms with van der Waals surface area (Å²) in [5, 5.41) is 2.57. The smallest absolute Gasteiger partial charge is 0.263 e. The van der Waals surface area contributed by atoms with Gasteiger partial charge in [0.2, 0.25) is 0 Å². The number of rotatable bonds is 6. The Morgan fingerprint density at radius 3 is 2.67 bits per heavy atom. The molecule has 0 saturated carbocycles. The maximum atomic E-state index is 12.8. The monoisotopic (exact) mass is 326 g/mol. The summed E-state index contributed by atoms with van der Waals surface area (Å²) in [6.45, 7) is 6.16. The number of amides is 1. The molecule has 0 spiro atoms. The van der Waals surface area contributed by atoms with Crippen molar-refractivity contribution in [2.45, 2.75) is 46.1 Å². The average molecular weight is 326 g/mol. The molecule has 0 radical (unpaired) electrons. The highest BCUT2D eigenvalue weighted by atomic mass is 16.2. The van der Waals surface area contributed by atoms with Crippen LogP contribution in [0.2, 0.25) is 0 Å². The molecule has 1 heterocycles. The topological polar surface area (TPSA) is 51.1 Å². The second-order valence-electron chi connectivity index (χ2n) is 6.25. The van der Waals surface area contributed by atoms with Gasteiger partial charge in [-0.15, -0.1) is 0 Å². The molecular weight excluding hydrogens is 300 g/mol. The van der Waals surface area contributed by atoms with Crippen molar-refractivity contribution in [3.63, 3.8) is 0 Å². The van der Waals surface area contributed by atoms with Crippen LogP contribution in [-0.4, -0.2) is 17.5 Å². The minimum Gasteiger partial charge on any atom is -0.355 e. The van der Waals surface area contributed by atoms with Crippen molar-refractivity contribution in [3.05, 3.63) is 69.1 Å². The van der Waals surface area contributed by atoms with E-state index in [-0.39, 0.29) is 23.1 Å². The number of carbonyl (C=O) groups is 1. The zero-order valence-electron chi connectivity index (χ0n) is 14.9. The van der Waals surface area contributed by atoms with E-state index in [2.05, 4.69) is 18.3 Å². The Morgan fingerprint density at radius 2 is 2.04 bits per heavy atom. The molecule has 1 unspecified atom stereocenters. The summed E-state index contributed by atoms with van der Waals surface area (Å²) >= 11 is 0. The van der Waals surface area contributed by atoms with Gasteiger partial charge in [-0.2, -0.15) is 0 Å². The van der Waals surface area contributed by atoms with Gasteiger partial charge in [-0.3, -0.25) is 9.59 Å². The van der Waals surface area contributed by atoms with E-state index >= 15 is 0 Å². The predicted molar refractivity (Wildman–Crippen MR) is 97.7 cm³/mol. The quantitative estimate of drug-likeness (QED) is 0.884. The third kappa shape index (κ3) is 3.94. The molecule has 1 N–H and O–H groups in total. The molecule has 0 aliphatic carbocycles. The van der Waals surface area contributed by atoms with Crippen LogP contribution in [0.25, 0.3) is 0 Å². The number of hydrogen-bond donors (Lipinski definition) is 1. The Kier molecular flexibility index (Phi) is 5.96. The summed E-state index contributed by atoms with van der Waals surface area (Å²) in [5.74, 6) is -0.330. The number of hydrogen-bond acceptors (Lipinski definition) is 2.